The summed E-state index contributed by atoms with van der Waals surface area (Å²) in [5.74, 6) is -0.172. The molecule has 1 amide bonds. The van der Waals surface area contributed by atoms with Crippen molar-refractivity contribution in [3.63, 3.8) is 0 Å². The van der Waals surface area contributed by atoms with E-state index in [1.54, 1.807) is 25.5 Å². The second-order valence-corrected chi connectivity index (χ2v) is 8.07. The number of hydrogen-bond donors (Lipinski definition) is 2. The van der Waals surface area contributed by atoms with Crippen LogP contribution in [0.4, 0.5) is 5.69 Å². The van der Waals surface area contributed by atoms with Crippen molar-refractivity contribution < 1.29 is 4.79 Å². The summed E-state index contributed by atoms with van der Waals surface area (Å²) in [6.07, 6.45) is 3.31. The number of amides is 1. The number of pyridine rings is 1. The van der Waals surface area contributed by atoms with Crippen LogP contribution in [-0.2, 0) is 6.54 Å². The molecule has 2 N–H and O–H groups in total. The van der Waals surface area contributed by atoms with E-state index in [1.165, 1.54) is 4.40 Å². The van der Waals surface area contributed by atoms with Gasteiger partial charge in [-0.15, -0.1) is 0 Å². The molecule has 164 valence electrons. The van der Waals surface area contributed by atoms with Crippen molar-refractivity contribution in [2.45, 2.75) is 13.5 Å². The molecule has 0 unspecified atom stereocenters. The predicted octanol–water partition coefficient (Wildman–Crippen LogP) is 1.56. The van der Waals surface area contributed by atoms with Crippen molar-refractivity contribution in [1.29, 1.82) is 0 Å². The van der Waals surface area contributed by atoms with Crippen LogP contribution in [0.15, 0.2) is 47.5 Å². The van der Waals surface area contributed by atoms with Gasteiger partial charge in [0.1, 0.15) is 11.3 Å². The smallest absolute Gasteiger partial charge is 0.331 e. The van der Waals surface area contributed by atoms with E-state index in [0.717, 1.165) is 60.6 Å². The molecular weight excluding hydrogens is 406 g/mol. The normalized spacial score (nSPS) is 14.9. The average Bonchev–Trinajstić information content (AvgIpc) is 3.30. The van der Waals surface area contributed by atoms with E-state index in [-0.39, 0.29) is 11.6 Å². The van der Waals surface area contributed by atoms with Gasteiger partial charge >= 0.3 is 5.69 Å². The van der Waals surface area contributed by atoms with Gasteiger partial charge in [0.2, 0.25) is 0 Å². The van der Waals surface area contributed by atoms with Crippen LogP contribution in [0, 0.1) is 6.92 Å². The number of H-pyrrole nitrogens is 1. The molecule has 9 heteroatoms. The number of carbonyl (C=O) groups excluding carboxylic acids is 1. The lowest BCUT2D eigenvalue weighted by Gasteiger charge is -2.36. The molecule has 4 heterocycles. The summed E-state index contributed by atoms with van der Waals surface area (Å²) >= 11 is 0. The molecule has 1 saturated heterocycles. The Kier molecular flexibility index (Phi) is 5.10. The van der Waals surface area contributed by atoms with E-state index < -0.39 is 0 Å². The Labute approximate surface area is 184 Å². The number of aryl methyl sites for hydroxylation is 1. The van der Waals surface area contributed by atoms with Gasteiger partial charge in [0.05, 0.1) is 16.9 Å². The maximum Gasteiger partial charge on any atom is 0.331 e. The Morgan fingerprint density at radius 2 is 1.97 bits per heavy atom. The van der Waals surface area contributed by atoms with Gasteiger partial charge < -0.3 is 15.2 Å². The van der Waals surface area contributed by atoms with Crippen LogP contribution in [0.1, 0.15) is 21.7 Å². The minimum absolute atomic E-state index is 0.172. The SMILES string of the molecule is CNC(=O)c1ccc(N2CCN(Cc3ccc4c(c3)[nH]c(=O)n3ccnc43)CC2)c(C)n1. The number of anilines is 1. The Hall–Kier alpha value is -3.72. The number of nitrogens with one attached hydrogen (secondary N) is 2. The van der Waals surface area contributed by atoms with Gasteiger partial charge in [-0.3, -0.25) is 14.1 Å². The third kappa shape index (κ3) is 3.60. The van der Waals surface area contributed by atoms with E-state index in [2.05, 4.69) is 36.1 Å². The molecule has 5 rings (SSSR count). The van der Waals surface area contributed by atoms with Crippen molar-refractivity contribution in [1.82, 2.24) is 29.6 Å². The van der Waals surface area contributed by atoms with E-state index >= 15 is 0 Å². The van der Waals surface area contributed by atoms with Crippen LogP contribution in [0.2, 0.25) is 0 Å². The summed E-state index contributed by atoms with van der Waals surface area (Å²) in [6.45, 7) is 6.38. The van der Waals surface area contributed by atoms with Crippen molar-refractivity contribution in [2.75, 3.05) is 38.1 Å². The van der Waals surface area contributed by atoms with Crippen LogP contribution < -0.4 is 15.9 Å². The lowest BCUT2D eigenvalue weighted by Crippen LogP contribution is -2.46. The molecule has 0 radical (unpaired) electrons. The zero-order chi connectivity index (χ0) is 22.2. The highest BCUT2D eigenvalue weighted by Gasteiger charge is 2.20. The number of fused-ring (bicyclic) bond motifs is 3. The second kappa shape index (κ2) is 8.08. The molecule has 1 aliphatic rings. The maximum atomic E-state index is 12.3. The van der Waals surface area contributed by atoms with Crippen molar-refractivity contribution in [2.24, 2.45) is 0 Å². The molecule has 32 heavy (non-hydrogen) atoms. The molecule has 0 spiro atoms. The summed E-state index contributed by atoms with van der Waals surface area (Å²) < 4.78 is 1.53. The van der Waals surface area contributed by atoms with Gasteiger partial charge in [0.25, 0.3) is 5.91 Å². The summed E-state index contributed by atoms with van der Waals surface area (Å²) in [7, 11) is 1.61. The first-order chi connectivity index (χ1) is 15.5. The average molecular weight is 432 g/mol. The van der Waals surface area contributed by atoms with E-state index in [4.69, 9.17) is 0 Å². The molecule has 0 atom stereocenters. The van der Waals surface area contributed by atoms with Crippen LogP contribution >= 0.6 is 0 Å². The van der Waals surface area contributed by atoms with Gasteiger partial charge in [-0.2, -0.15) is 0 Å². The van der Waals surface area contributed by atoms with E-state index in [9.17, 15) is 9.59 Å². The van der Waals surface area contributed by atoms with Gasteiger partial charge in [-0.05, 0) is 36.8 Å². The highest BCUT2D eigenvalue weighted by Crippen LogP contribution is 2.22. The fourth-order valence-electron chi connectivity index (χ4n) is 4.38. The number of piperazine rings is 1. The zero-order valence-corrected chi connectivity index (χ0v) is 18.1. The first-order valence-electron chi connectivity index (χ1n) is 10.7. The standard InChI is InChI=1S/C23H25N7O2/c1-15-20(6-5-18(26-15)22(31)24-2)29-11-9-28(10-12-29)14-16-3-4-17-19(13-16)27-23(32)30-8-7-25-21(17)30/h3-8,13H,9-12,14H2,1-2H3,(H,24,31)(H,27,32). The fraction of sp³-hybridized carbons (Fsp3) is 0.304. The lowest BCUT2D eigenvalue weighted by atomic mass is 10.1. The topological polar surface area (TPSA) is 98.6 Å². The molecule has 4 aromatic rings. The molecular formula is C23H25N7O2. The quantitative estimate of drug-likeness (QED) is 0.509. The molecule has 0 bridgehead atoms. The number of hydrogen-bond acceptors (Lipinski definition) is 6. The van der Waals surface area contributed by atoms with Crippen LogP contribution in [-0.4, -0.2) is 63.4 Å². The highest BCUT2D eigenvalue weighted by molar-refractivity contribution is 5.92. The van der Waals surface area contributed by atoms with Gasteiger partial charge in [-0.25, -0.2) is 14.8 Å². The molecule has 0 saturated carbocycles. The monoisotopic (exact) mass is 431 g/mol. The molecule has 1 aromatic carbocycles. The number of carbonyl (C=O) groups is 1. The lowest BCUT2D eigenvalue weighted by molar-refractivity contribution is 0.0958. The first kappa shape index (κ1) is 20.2. The van der Waals surface area contributed by atoms with E-state index in [1.807, 2.05) is 25.1 Å². The Morgan fingerprint density at radius 1 is 1.16 bits per heavy atom. The van der Waals surface area contributed by atoms with Crippen molar-refractivity contribution >= 4 is 28.1 Å². The first-order valence-corrected chi connectivity index (χ1v) is 10.7. The molecule has 3 aromatic heterocycles. The Bertz CT molecular complexity index is 1370. The number of aromatic nitrogens is 4. The van der Waals surface area contributed by atoms with Crippen molar-refractivity contribution in [3.05, 3.63) is 70.2 Å². The van der Waals surface area contributed by atoms with Crippen LogP contribution in [0.5, 0.6) is 0 Å². The van der Waals surface area contributed by atoms with Gasteiger partial charge in [0.15, 0.2) is 0 Å². The maximum absolute atomic E-state index is 12.3. The van der Waals surface area contributed by atoms with Crippen molar-refractivity contribution in [3.8, 4) is 0 Å². The molecule has 9 nitrogen and oxygen atoms in total. The fourth-order valence-corrected chi connectivity index (χ4v) is 4.38. The predicted molar refractivity (Wildman–Crippen MR) is 123 cm³/mol. The molecule has 1 fully saturated rings. The number of benzene rings is 1. The highest BCUT2D eigenvalue weighted by atomic mass is 16.2. The number of imidazole rings is 1. The van der Waals surface area contributed by atoms with Gasteiger partial charge in [0, 0.05) is 57.6 Å². The van der Waals surface area contributed by atoms with E-state index in [0.29, 0.717) is 11.3 Å². The minimum atomic E-state index is -0.179. The second-order valence-electron chi connectivity index (χ2n) is 8.07. The van der Waals surface area contributed by atoms with Gasteiger partial charge in [-0.1, -0.05) is 6.07 Å². The van der Waals surface area contributed by atoms with Crippen LogP contribution in [0.25, 0.3) is 16.6 Å². The molecule has 0 aliphatic carbocycles. The summed E-state index contributed by atoms with van der Waals surface area (Å²) in [6, 6.07) is 9.94. The zero-order valence-electron chi connectivity index (χ0n) is 18.1. The largest absolute Gasteiger partial charge is 0.368 e. The summed E-state index contributed by atoms with van der Waals surface area (Å²) in [5, 5.41) is 3.55. The Morgan fingerprint density at radius 3 is 2.72 bits per heavy atom. The number of rotatable bonds is 4. The number of nitrogens with zero attached hydrogens (tertiary/aromatic N) is 5. The number of aromatic amines is 1. The minimum Gasteiger partial charge on any atom is -0.368 e. The Balaban J connectivity index is 1.28. The summed E-state index contributed by atoms with van der Waals surface area (Å²) in [4.78, 5) is 40.5. The molecule has 1 aliphatic heterocycles. The van der Waals surface area contributed by atoms with Crippen LogP contribution in [0.3, 0.4) is 0 Å². The third-order valence-corrected chi connectivity index (χ3v) is 6.06. The summed E-state index contributed by atoms with van der Waals surface area (Å²) in [5.41, 5.74) is 4.84. The third-order valence-electron chi connectivity index (χ3n) is 6.06.